The van der Waals surface area contributed by atoms with Crippen LogP contribution in [0.1, 0.15) is 22.4 Å². The third-order valence-electron chi connectivity index (χ3n) is 3.21. The van der Waals surface area contributed by atoms with Crippen molar-refractivity contribution in [1.29, 1.82) is 0 Å². The third-order valence-corrected chi connectivity index (χ3v) is 3.86. The van der Waals surface area contributed by atoms with E-state index in [2.05, 4.69) is 20.9 Å². The van der Waals surface area contributed by atoms with Crippen LogP contribution in [0.2, 0.25) is 0 Å². The lowest BCUT2D eigenvalue weighted by Gasteiger charge is -2.09. The molecule has 0 aliphatic heterocycles. The van der Waals surface area contributed by atoms with Gasteiger partial charge in [-0.15, -0.1) is 0 Å². The molecule has 2 rings (SSSR count). The molecule has 21 heavy (non-hydrogen) atoms. The molecule has 0 bridgehead atoms. The van der Waals surface area contributed by atoms with Gasteiger partial charge in [0.15, 0.2) is 0 Å². The van der Waals surface area contributed by atoms with Gasteiger partial charge < -0.3 is 4.74 Å². The van der Waals surface area contributed by atoms with Gasteiger partial charge in [0.1, 0.15) is 12.4 Å². The van der Waals surface area contributed by atoms with E-state index >= 15 is 0 Å². The quantitative estimate of drug-likeness (QED) is 0.463. The Kier molecular flexibility index (Phi) is 4.90. The number of hydrogen-bond donors (Lipinski definition) is 0. The van der Waals surface area contributed by atoms with Crippen molar-refractivity contribution < 1.29 is 9.66 Å². The highest BCUT2D eigenvalue weighted by Crippen LogP contribution is 2.25. The van der Waals surface area contributed by atoms with E-state index in [1.165, 1.54) is 6.20 Å². The van der Waals surface area contributed by atoms with Crippen molar-refractivity contribution in [2.75, 3.05) is 0 Å². The maximum atomic E-state index is 11.1. The molecule has 0 amide bonds. The van der Waals surface area contributed by atoms with E-state index in [-0.39, 0.29) is 17.2 Å². The van der Waals surface area contributed by atoms with Crippen LogP contribution in [0.5, 0.6) is 5.75 Å². The Bertz CT molecular complexity index is 657. The Morgan fingerprint density at radius 3 is 2.52 bits per heavy atom. The predicted molar refractivity (Wildman–Crippen MR) is 83.8 cm³/mol. The lowest BCUT2D eigenvalue weighted by molar-refractivity contribution is -0.386. The molecule has 110 valence electrons. The number of benzene rings is 1. The Morgan fingerprint density at radius 1 is 1.29 bits per heavy atom. The van der Waals surface area contributed by atoms with E-state index in [0.29, 0.717) is 22.6 Å². The molecule has 0 saturated heterocycles. The molecule has 1 aromatic heterocycles. The zero-order valence-corrected chi connectivity index (χ0v) is 13.4. The second-order valence-corrected chi connectivity index (χ2v) is 5.25. The van der Waals surface area contributed by atoms with E-state index in [1.807, 2.05) is 24.3 Å². The molecule has 0 atom stereocenters. The first-order valence-corrected chi connectivity index (χ1v) is 7.52. The van der Waals surface area contributed by atoms with Gasteiger partial charge in [-0.2, -0.15) is 0 Å². The van der Waals surface area contributed by atoms with Gasteiger partial charge in [-0.25, -0.2) is 0 Å². The lowest BCUT2D eigenvalue weighted by Crippen LogP contribution is -2.05. The van der Waals surface area contributed by atoms with Crippen LogP contribution in [-0.4, -0.2) is 9.91 Å². The average Bonchev–Trinajstić information content (AvgIpc) is 2.46. The summed E-state index contributed by atoms with van der Waals surface area (Å²) in [6.45, 7) is 3.59. The van der Waals surface area contributed by atoms with Crippen LogP contribution in [0.15, 0.2) is 30.5 Å². The maximum Gasteiger partial charge on any atom is 0.278 e. The van der Waals surface area contributed by atoms with Crippen molar-refractivity contribution in [2.45, 2.75) is 25.8 Å². The van der Waals surface area contributed by atoms with Crippen LogP contribution in [0.4, 0.5) is 5.69 Å². The molecule has 0 radical (unpaired) electrons. The summed E-state index contributed by atoms with van der Waals surface area (Å²) >= 11 is 3.38. The summed E-state index contributed by atoms with van der Waals surface area (Å²) < 4.78 is 5.65. The number of aryl methyl sites for hydroxylation is 1. The number of alkyl halides is 1. The largest absolute Gasteiger partial charge is 0.487 e. The Balaban J connectivity index is 2.16. The van der Waals surface area contributed by atoms with Crippen molar-refractivity contribution in [3.8, 4) is 5.75 Å². The van der Waals surface area contributed by atoms with Gasteiger partial charge in [0.2, 0.25) is 0 Å². The van der Waals surface area contributed by atoms with E-state index in [4.69, 9.17) is 4.74 Å². The Hall–Kier alpha value is -1.95. The molecule has 0 unspecified atom stereocenters. The van der Waals surface area contributed by atoms with E-state index in [1.54, 1.807) is 13.8 Å². The van der Waals surface area contributed by atoms with Crippen LogP contribution in [-0.2, 0) is 11.9 Å². The normalized spacial score (nSPS) is 10.4. The van der Waals surface area contributed by atoms with Gasteiger partial charge in [-0.1, -0.05) is 28.1 Å². The molecule has 1 aromatic carbocycles. The van der Waals surface area contributed by atoms with Crippen molar-refractivity contribution in [1.82, 2.24) is 4.98 Å². The third kappa shape index (κ3) is 3.58. The van der Waals surface area contributed by atoms with Gasteiger partial charge in [-0.05, 0) is 31.5 Å². The van der Waals surface area contributed by atoms with Crippen molar-refractivity contribution in [2.24, 2.45) is 0 Å². The molecule has 0 N–H and O–H groups in total. The van der Waals surface area contributed by atoms with Crippen LogP contribution >= 0.6 is 15.9 Å². The highest BCUT2D eigenvalue weighted by molar-refractivity contribution is 9.08. The zero-order valence-electron chi connectivity index (χ0n) is 11.8. The number of aromatic nitrogens is 1. The minimum absolute atomic E-state index is 0.109. The zero-order chi connectivity index (χ0) is 15.4. The molecule has 1 heterocycles. The summed E-state index contributed by atoms with van der Waals surface area (Å²) in [6.07, 6.45) is 1.51. The standard InChI is InChI=1S/C15H15BrN2O3/c1-10-8-17-14(11(2)15(10)18(19)20)9-21-13-5-3-12(7-16)4-6-13/h3-6,8H,7,9H2,1-2H3. The fraction of sp³-hybridized carbons (Fsp3) is 0.267. The highest BCUT2D eigenvalue weighted by atomic mass is 79.9. The minimum atomic E-state index is -0.374. The fourth-order valence-electron chi connectivity index (χ4n) is 2.02. The molecule has 5 nitrogen and oxygen atoms in total. The van der Waals surface area contributed by atoms with Crippen molar-refractivity contribution >= 4 is 21.6 Å². The molecule has 0 aliphatic rings. The number of hydrogen-bond acceptors (Lipinski definition) is 4. The van der Waals surface area contributed by atoms with Crippen LogP contribution in [0, 0.1) is 24.0 Å². The highest BCUT2D eigenvalue weighted by Gasteiger charge is 2.18. The first-order chi connectivity index (χ1) is 10.0. The molecule has 2 aromatic rings. The number of nitro groups is 1. The van der Waals surface area contributed by atoms with Crippen molar-refractivity contribution in [3.63, 3.8) is 0 Å². The summed E-state index contributed by atoms with van der Waals surface area (Å²) in [5.74, 6) is 0.712. The van der Waals surface area contributed by atoms with Crippen LogP contribution in [0.25, 0.3) is 0 Å². The maximum absolute atomic E-state index is 11.1. The second kappa shape index (κ2) is 6.67. The monoisotopic (exact) mass is 350 g/mol. The molecule has 0 spiro atoms. The van der Waals surface area contributed by atoms with Gasteiger partial charge in [0, 0.05) is 17.1 Å². The topological polar surface area (TPSA) is 65.3 Å². The number of halogens is 1. The predicted octanol–water partition coefficient (Wildman–Crippen LogP) is 4.08. The number of rotatable bonds is 5. The second-order valence-electron chi connectivity index (χ2n) is 4.68. The van der Waals surface area contributed by atoms with E-state index in [0.717, 1.165) is 10.9 Å². The van der Waals surface area contributed by atoms with Gasteiger partial charge >= 0.3 is 0 Å². The molecule has 0 saturated carbocycles. The summed E-state index contributed by atoms with van der Waals surface area (Å²) in [6, 6.07) is 7.66. The van der Waals surface area contributed by atoms with Gasteiger partial charge in [0.05, 0.1) is 16.2 Å². The van der Waals surface area contributed by atoms with Gasteiger partial charge in [0.25, 0.3) is 5.69 Å². The molecule has 0 fully saturated rings. The van der Waals surface area contributed by atoms with Crippen LogP contribution in [0.3, 0.4) is 0 Å². The minimum Gasteiger partial charge on any atom is -0.487 e. The SMILES string of the molecule is Cc1cnc(COc2ccc(CBr)cc2)c(C)c1[N+](=O)[O-]. The molecular formula is C15H15BrN2O3. The first kappa shape index (κ1) is 15.4. The lowest BCUT2D eigenvalue weighted by atomic mass is 10.1. The number of ether oxygens (including phenoxy) is 1. The van der Waals surface area contributed by atoms with Gasteiger partial charge in [-0.3, -0.25) is 15.1 Å². The smallest absolute Gasteiger partial charge is 0.278 e. The van der Waals surface area contributed by atoms with Crippen molar-refractivity contribution in [3.05, 3.63) is 63.0 Å². The summed E-state index contributed by atoms with van der Waals surface area (Å²) in [5, 5.41) is 11.9. The average molecular weight is 351 g/mol. The number of nitrogens with zero attached hydrogens (tertiary/aromatic N) is 2. The van der Waals surface area contributed by atoms with Crippen LogP contribution < -0.4 is 4.74 Å². The Morgan fingerprint density at radius 2 is 1.95 bits per heavy atom. The molecule has 0 aliphatic carbocycles. The summed E-state index contributed by atoms with van der Waals surface area (Å²) in [7, 11) is 0. The van der Waals surface area contributed by atoms with E-state index in [9.17, 15) is 10.1 Å². The van der Waals surface area contributed by atoms with E-state index < -0.39 is 0 Å². The first-order valence-electron chi connectivity index (χ1n) is 6.40. The fourth-order valence-corrected chi connectivity index (χ4v) is 2.39. The molecule has 6 heteroatoms. The summed E-state index contributed by atoms with van der Waals surface area (Å²) in [5.41, 5.74) is 2.96. The Labute approximate surface area is 131 Å². The molecular weight excluding hydrogens is 336 g/mol. The number of pyridine rings is 1. The summed E-state index contributed by atoms with van der Waals surface area (Å²) in [4.78, 5) is 14.9.